The Kier molecular flexibility index (Phi) is 7.80. The van der Waals surface area contributed by atoms with Gasteiger partial charge in [-0.3, -0.25) is 4.79 Å². The monoisotopic (exact) mass is 205 g/mol. The van der Waals surface area contributed by atoms with E-state index in [9.17, 15) is 9.59 Å². The number of carboxylic acid groups (broad SMARTS) is 1. The van der Waals surface area contributed by atoms with Crippen molar-refractivity contribution in [3.63, 3.8) is 0 Å². The molecule has 0 aromatic carbocycles. The minimum Gasteiger partial charge on any atom is -0.481 e. The fourth-order valence-corrected chi connectivity index (χ4v) is 0.516. The first-order valence-electron chi connectivity index (χ1n) is 4.39. The van der Waals surface area contributed by atoms with Gasteiger partial charge in [0, 0.05) is 6.42 Å². The average Bonchev–Trinajstić information content (AvgIpc) is 1.80. The van der Waals surface area contributed by atoms with Crippen molar-refractivity contribution in [3.8, 4) is 0 Å². The van der Waals surface area contributed by atoms with Crippen LogP contribution in [-0.2, 0) is 9.53 Å². The van der Waals surface area contributed by atoms with E-state index < -0.39 is 17.7 Å². The summed E-state index contributed by atoms with van der Waals surface area (Å²) in [6.07, 6.45) is 0.299. The minimum absolute atomic E-state index is 0.292. The number of ether oxygens (including phenoxy) is 1. The number of primary amides is 1. The van der Waals surface area contributed by atoms with Crippen molar-refractivity contribution in [3.05, 3.63) is 0 Å². The first-order chi connectivity index (χ1) is 6.19. The Bertz CT molecular complexity index is 184. The normalized spacial score (nSPS) is 9.71. The van der Waals surface area contributed by atoms with Gasteiger partial charge in [0.05, 0.1) is 0 Å². The number of aliphatic carboxylic acids is 1. The lowest BCUT2D eigenvalue weighted by atomic mass is 10.2. The predicted octanol–water partition coefficient (Wildman–Crippen LogP) is 1.75. The summed E-state index contributed by atoms with van der Waals surface area (Å²) in [4.78, 5) is 19.6. The lowest BCUT2D eigenvalue weighted by Gasteiger charge is -2.16. The molecule has 0 saturated carbocycles. The molecule has 0 fully saturated rings. The van der Waals surface area contributed by atoms with E-state index in [2.05, 4.69) is 4.74 Å². The molecule has 14 heavy (non-hydrogen) atoms. The second kappa shape index (κ2) is 7.17. The van der Waals surface area contributed by atoms with Crippen LogP contribution in [0.5, 0.6) is 0 Å². The summed E-state index contributed by atoms with van der Waals surface area (Å²) >= 11 is 0. The van der Waals surface area contributed by atoms with E-state index in [1.165, 1.54) is 0 Å². The maximum absolute atomic E-state index is 10.0. The van der Waals surface area contributed by atoms with Crippen LogP contribution in [0.1, 0.15) is 40.5 Å². The Balaban J connectivity index is 0. The quantitative estimate of drug-likeness (QED) is 0.718. The summed E-state index contributed by atoms with van der Waals surface area (Å²) in [5, 5.41) is 7.91. The van der Waals surface area contributed by atoms with Crippen LogP contribution in [0.4, 0.5) is 4.79 Å². The predicted molar refractivity (Wildman–Crippen MR) is 53.0 cm³/mol. The smallest absolute Gasteiger partial charge is 0.405 e. The van der Waals surface area contributed by atoms with Gasteiger partial charge in [-0.2, -0.15) is 0 Å². The molecular weight excluding hydrogens is 186 g/mol. The van der Waals surface area contributed by atoms with E-state index in [4.69, 9.17) is 10.8 Å². The molecule has 0 heterocycles. The molecular formula is C9H19NO4. The van der Waals surface area contributed by atoms with Gasteiger partial charge in [-0.25, -0.2) is 4.79 Å². The van der Waals surface area contributed by atoms with Crippen LogP contribution in [0.15, 0.2) is 0 Å². The summed E-state index contributed by atoms with van der Waals surface area (Å²) in [7, 11) is 0. The third kappa shape index (κ3) is 22.4. The van der Waals surface area contributed by atoms with Crippen molar-refractivity contribution >= 4 is 12.1 Å². The van der Waals surface area contributed by atoms with Gasteiger partial charge in [-0.1, -0.05) is 6.92 Å². The molecule has 0 atom stereocenters. The van der Waals surface area contributed by atoms with Crippen LogP contribution >= 0.6 is 0 Å². The lowest BCUT2D eigenvalue weighted by molar-refractivity contribution is -0.137. The molecule has 5 nitrogen and oxygen atoms in total. The van der Waals surface area contributed by atoms with Gasteiger partial charge >= 0.3 is 12.1 Å². The summed E-state index contributed by atoms with van der Waals surface area (Å²) in [6, 6.07) is 0. The highest BCUT2D eigenvalue weighted by Gasteiger charge is 2.12. The molecule has 84 valence electrons. The molecule has 0 aliphatic carbocycles. The van der Waals surface area contributed by atoms with E-state index >= 15 is 0 Å². The number of hydrogen-bond donors (Lipinski definition) is 2. The molecule has 0 aliphatic rings. The Labute approximate surface area is 84.2 Å². The largest absolute Gasteiger partial charge is 0.481 e. The average molecular weight is 205 g/mol. The minimum atomic E-state index is -0.725. The maximum atomic E-state index is 10.0. The van der Waals surface area contributed by atoms with Crippen LogP contribution in [0, 0.1) is 0 Å². The second-order valence-electron chi connectivity index (χ2n) is 3.68. The number of nitrogens with two attached hydrogens (primary N) is 1. The van der Waals surface area contributed by atoms with Crippen LogP contribution in [-0.4, -0.2) is 22.8 Å². The van der Waals surface area contributed by atoms with E-state index in [-0.39, 0.29) is 0 Å². The van der Waals surface area contributed by atoms with Crippen LogP contribution < -0.4 is 5.73 Å². The van der Waals surface area contributed by atoms with Gasteiger partial charge < -0.3 is 15.6 Å². The molecule has 0 aliphatic heterocycles. The van der Waals surface area contributed by atoms with Gasteiger partial charge in [0.15, 0.2) is 0 Å². The molecule has 0 aromatic heterocycles. The fourth-order valence-electron chi connectivity index (χ4n) is 0.516. The number of amides is 1. The van der Waals surface area contributed by atoms with Crippen molar-refractivity contribution in [2.45, 2.75) is 46.1 Å². The second-order valence-corrected chi connectivity index (χ2v) is 3.68. The molecule has 0 saturated heterocycles. The topological polar surface area (TPSA) is 89.6 Å². The maximum Gasteiger partial charge on any atom is 0.405 e. The summed E-state index contributed by atoms with van der Waals surface area (Å²) in [5.74, 6) is -0.711. The highest BCUT2D eigenvalue weighted by atomic mass is 16.6. The van der Waals surface area contributed by atoms with Gasteiger partial charge in [0.2, 0.25) is 0 Å². The van der Waals surface area contributed by atoms with Crippen molar-refractivity contribution in [2.24, 2.45) is 5.73 Å². The molecule has 0 spiro atoms. The number of carboxylic acids is 1. The van der Waals surface area contributed by atoms with Crippen molar-refractivity contribution in [1.29, 1.82) is 0 Å². The number of rotatable bonds is 2. The summed E-state index contributed by atoms with van der Waals surface area (Å²) in [6.45, 7) is 7.13. The standard InChI is InChI=1S/C5H11NO2.C4H8O2/c1-5(2,3)8-4(6)7;1-2-3-4(5)6/h1-3H3,(H2,6,7);2-3H2,1H3,(H,5,6). The van der Waals surface area contributed by atoms with Crippen molar-refractivity contribution in [2.75, 3.05) is 0 Å². The molecule has 0 radical (unpaired) electrons. The van der Waals surface area contributed by atoms with Crippen LogP contribution in [0.25, 0.3) is 0 Å². The molecule has 1 amide bonds. The Hall–Kier alpha value is -1.26. The number of carbonyl (C=O) groups excluding carboxylic acids is 1. The van der Waals surface area contributed by atoms with Crippen LogP contribution in [0.2, 0.25) is 0 Å². The third-order valence-corrected chi connectivity index (χ3v) is 0.871. The molecule has 0 unspecified atom stereocenters. The zero-order valence-electron chi connectivity index (χ0n) is 9.16. The highest BCUT2D eigenvalue weighted by molar-refractivity contribution is 5.66. The molecule has 0 rings (SSSR count). The van der Waals surface area contributed by atoms with E-state index in [1.54, 1.807) is 20.8 Å². The molecule has 5 heteroatoms. The number of carbonyl (C=O) groups is 2. The fraction of sp³-hybridized carbons (Fsp3) is 0.778. The molecule has 0 aromatic rings. The summed E-state index contributed by atoms with van der Waals surface area (Å²) in [5.41, 5.74) is 4.26. The van der Waals surface area contributed by atoms with E-state index in [0.717, 1.165) is 6.42 Å². The van der Waals surface area contributed by atoms with Crippen molar-refractivity contribution < 1.29 is 19.4 Å². The SMILES string of the molecule is CC(C)(C)OC(N)=O.CCCC(=O)O. The Morgan fingerprint density at radius 1 is 1.36 bits per heavy atom. The third-order valence-electron chi connectivity index (χ3n) is 0.871. The molecule has 0 bridgehead atoms. The zero-order chi connectivity index (χ0) is 11.8. The van der Waals surface area contributed by atoms with Crippen molar-refractivity contribution in [1.82, 2.24) is 0 Å². The molecule has 3 N–H and O–H groups in total. The summed E-state index contributed by atoms with van der Waals surface area (Å²) < 4.78 is 4.58. The van der Waals surface area contributed by atoms with Gasteiger partial charge in [0.25, 0.3) is 0 Å². The van der Waals surface area contributed by atoms with Gasteiger partial charge in [-0.05, 0) is 27.2 Å². The Morgan fingerprint density at radius 2 is 1.79 bits per heavy atom. The van der Waals surface area contributed by atoms with Gasteiger partial charge in [-0.15, -0.1) is 0 Å². The van der Waals surface area contributed by atoms with E-state index in [0.29, 0.717) is 6.42 Å². The Morgan fingerprint density at radius 3 is 1.79 bits per heavy atom. The lowest BCUT2D eigenvalue weighted by Crippen LogP contribution is -2.27. The van der Waals surface area contributed by atoms with Crippen LogP contribution in [0.3, 0.4) is 0 Å². The highest BCUT2D eigenvalue weighted by Crippen LogP contribution is 2.04. The first-order valence-corrected chi connectivity index (χ1v) is 4.39. The first kappa shape index (κ1) is 15.2. The van der Waals surface area contributed by atoms with Gasteiger partial charge in [0.1, 0.15) is 5.60 Å². The zero-order valence-corrected chi connectivity index (χ0v) is 9.16. The van der Waals surface area contributed by atoms with E-state index in [1.807, 2.05) is 6.92 Å². The number of hydrogen-bond acceptors (Lipinski definition) is 3.